The minimum atomic E-state index is -0.215. The van der Waals surface area contributed by atoms with Crippen LogP contribution >= 0.6 is 31.9 Å². The highest BCUT2D eigenvalue weighted by Crippen LogP contribution is 2.29. The minimum absolute atomic E-state index is 0.137. The van der Waals surface area contributed by atoms with E-state index in [4.69, 9.17) is 0 Å². The molecule has 4 heteroatoms. The molecule has 0 aliphatic carbocycles. The molecule has 0 fully saturated rings. The molecule has 2 rings (SSSR count). The predicted octanol–water partition coefficient (Wildman–Crippen LogP) is 5.16. The smallest absolute Gasteiger partial charge is 0.124 e. The lowest BCUT2D eigenvalue weighted by atomic mass is 9.97. The Morgan fingerprint density at radius 2 is 1.95 bits per heavy atom. The molecule has 0 heterocycles. The van der Waals surface area contributed by atoms with Crippen molar-refractivity contribution < 1.29 is 4.39 Å². The number of halogens is 3. The van der Waals surface area contributed by atoms with Crippen molar-refractivity contribution in [2.24, 2.45) is 0 Å². The summed E-state index contributed by atoms with van der Waals surface area (Å²) in [5.41, 5.74) is 3.35. The Morgan fingerprint density at radius 1 is 1.20 bits per heavy atom. The topological polar surface area (TPSA) is 12.0 Å². The van der Waals surface area contributed by atoms with Crippen LogP contribution in [0.3, 0.4) is 0 Å². The van der Waals surface area contributed by atoms with Gasteiger partial charge in [-0.3, -0.25) is 0 Å². The van der Waals surface area contributed by atoms with E-state index in [1.807, 2.05) is 19.2 Å². The lowest BCUT2D eigenvalue weighted by molar-refractivity contribution is 0.581. The van der Waals surface area contributed by atoms with Crippen LogP contribution < -0.4 is 5.32 Å². The zero-order valence-corrected chi connectivity index (χ0v) is 14.6. The Labute approximate surface area is 135 Å². The minimum Gasteiger partial charge on any atom is -0.313 e. The fraction of sp³-hybridized carbons (Fsp3) is 0.250. The van der Waals surface area contributed by atoms with Gasteiger partial charge in [-0.1, -0.05) is 50.1 Å². The van der Waals surface area contributed by atoms with Gasteiger partial charge < -0.3 is 5.32 Å². The predicted molar refractivity (Wildman–Crippen MR) is 88.5 cm³/mol. The molecule has 20 heavy (non-hydrogen) atoms. The van der Waals surface area contributed by atoms with Crippen molar-refractivity contribution in [3.05, 3.63) is 67.9 Å². The second kappa shape index (κ2) is 6.83. The van der Waals surface area contributed by atoms with E-state index in [2.05, 4.69) is 56.2 Å². The maximum absolute atomic E-state index is 13.5. The standard InChI is InChI=1S/C16H16Br2FN/c1-10-4-3-5-14(16(10)18)15(20-2)8-11-6-12(17)9-13(19)7-11/h3-7,9,15,20H,8H2,1-2H3. The molecule has 0 radical (unpaired) electrons. The highest BCUT2D eigenvalue weighted by Gasteiger charge is 2.15. The average Bonchev–Trinajstić information content (AvgIpc) is 2.38. The fourth-order valence-electron chi connectivity index (χ4n) is 2.27. The van der Waals surface area contributed by atoms with Crippen LogP contribution in [0.1, 0.15) is 22.7 Å². The van der Waals surface area contributed by atoms with Crippen LogP contribution in [0.25, 0.3) is 0 Å². The molecule has 1 unspecified atom stereocenters. The molecule has 0 aromatic heterocycles. The van der Waals surface area contributed by atoms with Crippen LogP contribution in [0.5, 0.6) is 0 Å². The van der Waals surface area contributed by atoms with Crippen molar-refractivity contribution in [3.8, 4) is 0 Å². The van der Waals surface area contributed by atoms with E-state index < -0.39 is 0 Å². The summed E-state index contributed by atoms with van der Waals surface area (Å²) in [6.45, 7) is 2.07. The van der Waals surface area contributed by atoms with E-state index in [0.29, 0.717) is 0 Å². The number of nitrogens with one attached hydrogen (secondary N) is 1. The normalized spacial score (nSPS) is 12.4. The molecule has 1 N–H and O–H groups in total. The van der Waals surface area contributed by atoms with Gasteiger partial charge in [-0.05, 0) is 55.3 Å². The summed E-state index contributed by atoms with van der Waals surface area (Å²) in [5.74, 6) is -0.215. The zero-order chi connectivity index (χ0) is 14.7. The van der Waals surface area contributed by atoms with Crippen LogP contribution in [0.15, 0.2) is 45.3 Å². The maximum Gasteiger partial charge on any atom is 0.124 e. The number of hydrogen-bond donors (Lipinski definition) is 1. The van der Waals surface area contributed by atoms with Gasteiger partial charge >= 0.3 is 0 Å². The lowest BCUT2D eigenvalue weighted by Crippen LogP contribution is -2.19. The first kappa shape index (κ1) is 15.7. The van der Waals surface area contributed by atoms with Crippen molar-refractivity contribution in [1.82, 2.24) is 5.32 Å². The lowest BCUT2D eigenvalue weighted by Gasteiger charge is -2.19. The Hall–Kier alpha value is -0.710. The van der Waals surface area contributed by atoms with E-state index in [1.165, 1.54) is 17.2 Å². The van der Waals surface area contributed by atoms with E-state index in [1.54, 1.807) is 6.07 Å². The molecule has 2 aromatic rings. The van der Waals surface area contributed by atoms with Gasteiger partial charge in [0.05, 0.1) is 0 Å². The maximum atomic E-state index is 13.5. The molecule has 106 valence electrons. The molecule has 2 aromatic carbocycles. The van der Waals surface area contributed by atoms with Gasteiger partial charge in [0.2, 0.25) is 0 Å². The monoisotopic (exact) mass is 399 g/mol. The van der Waals surface area contributed by atoms with Gasteiger partial charge in [0.25, 0.3) is 0 Å². The van der Waals surface area contributed by atoms with Crippen molar-refractivity contribution in [2.75, 3.05) is 7.05 Å². The largest absolute Gasteiger partial charge is 0.313 e. The molecule has 1 atom stereocenters. The number of benzene rings is 2. The van der Waals surface area contributed by atoms with Gasteiger partial charge in [0, 0.05) is 15.0 Å². The third kappa shape index (κ3) is 3.68. The van der Waals surface area contributed by atoms with E-state index in [-0.39, 0.29) is 11.9 Å². The Morgan fingerprint density at radius 3 is 2.60 bits per heavy atom. The van der Waals surface area contributed by atoms with E-state index in [0.717, 1.165) is 20.9 Å². The number of aryl methyl sites for hydroxylation is 1. The molecule has 0 saturated carbocycles. The quantitative estimate of drug-likeness (QED) is 0.747. The summed E-state index contributed by atoms with van der Waals surface area (Å²) in [4.78, 5) is 0. The summed E-state index contributed by atoms with van der Waals surface area (Å²) >= 11 is 6.98. The van der Waals surface area contributed by atoms with Gasteiger partial charge in [0.1, 0.15) is 5.82 Å². The molecule has 0 spiro atoms. The Balaban J connectivity index is 2.31. The fourth-order valence-corrected chi connectivity index (χ4v) is 3.32. The van der Waals surface area contributed by atoms with E-state index in [9.17, 15) is 4.39 Å². The third-order valence-corrected chi connectivity index (χ3v) is 4.85. The molecular weight excluding hydrogens is 385 g/mol. The molecule has 1 nitrogen and oxygen atoms in total. The molecule has 0 aliphatic rings. The van der Waals surface area contributed by atoms with Crippen LogP contribution in [-0.2, 0) is 6.42 Å². The molecule has 0 saturated heterocycles. The zero-order valence-electron chi connectivity index (χ0n) is 11.4. The third-order valence-electron chi connectivity index (χ3n) is 3.31. The molecular formula is C16H16Br2FN. The number of likely N-dealkylation sites (N-methyl/N-ethyl adjacent to an activating group) is 1. The summed E-state index contributed by atoms with van der Waals surface area (Å²) < 4.78 is 15.3. The van der Waals surface area contributed by atoms with Gasteiger partial charge in [0.15, 0.2) is 0 Å². The first-order valence-corrected chi connectivity index (χ1v) is 7.97. The van der Waals surface area contributed by atoms with Gasteiger partial charge in [-0.2, -0.15) is 0 Å². The summed E-state index contributed by atoms with van der Waals surface area (Å²) in [6, 6.07) is 11.3. The summed E-state index contributed by atoms with van der Waals surface area (Å²) in [5, 5.41) is 3.31. The van der Waals surface area contributed by atoms with Crippen molar-refractivity contribution in [2.45, 2.75) is 19.4 Å². The first-order valence-electron chi connectivity index (χ1n) is 6.38. The molecule has 0 bridgehead atoms. The van der Waals surface area contributed by atoms with Gasteiger partial charge in [-0.15, -0.1) is 0 Å². The Bertz CT molecular complexity index is 593. The summed E-state index contributed by atoms with van der Waals surface area (Å²) in [6.07, 6.45) is 0.731. The molecule has 0 aliphatic heterocycles. The number of hydrogen-bond acceptors (Lipinski definition) is 1. The number of rotatable bonds is 4. The summed E-state index contributed by atoms with van der Waals surface area (Å²) in [7, 11) is 1.92. The second-order valence-corrected chi connectivity index (χ2v) is 6.51. The van der Waals surface area contributed by atoms with E-state index >= 15 is 0 Å². The highest BCUT2D eigenvalue weighted by molar-refractivity contribution is 9.10. The van der Waals surface area contributed by atoms with Crippen molar-refractivity contribution in [1.29, 1.82) is 0 Å². The van der Waals surface area contributed by atoms with Crippen molar-refractivity contribution >= 4 is 31.9 Å². The highest BCUT2D eigenvalue weighted by atomic mass is 79.9. The second-order valence-electron chi connectivity index (χ2n) is 4.80. The van der Waals surface area contributed by atoms with Crippen molar-refractivity contribution in [3.63, 3.8) is 0 Å². The molecule has 0 amide bonds. The van der Waals surface area contributed by atoms with Crippen LogP contribution in [-0.4, -0.2) is 7.05 Å². The van der Waals surface area contributed by atoms with Crippen LogP contribution in [0.2, 0.25) is 0 Å². The van der Waals surface area contributed by atoms with Gasteiger partial charge in [-0.25, -0.2) is 4.39 Å². The van der Waals surface area contributed by atoms with Crippen LogP contribution in [0, 0.1) is 12.7 Å². The SMILES string of the molecule is CNC(Cc1cc(F)cc(Br)c1)c1cccc(C)c1Br. The average molecular weight is 401 g/mol. The Kier molecular flexibility index (Phi) is 5.35. The first-order chi connectivity index (χ1) is 9.51. The van der Waals surface area contributed by atoms with Crippen LogP contribution in [0.4, 0.5) is 4.39 Å².